The van der Waals surface area contributed by atoms with E-state index < -0.39 is 0 Å². The molecule has 218 valence electrons. The lowest BCUT2D eigenvalue weighted by molar-refractivity contribution is 0.305. The molecule has 0 atom stereocenters. The monoisotopic (exact) mass is 560 g/mol. The lowest BCUT2D eigenvalue weighted by atomic mass is 10.1. The third-order valence-corrected chi connectivity index (χ3v) is 7.06. The summed E-state index contributed by atoms with van der Waals surface area (Å²) < 4.78 is 11.7. The summed E-state index contributed by atoms with van der Waals surface area (Å²) >= 11 is 0. The summed E-state index contributed by atoms with van der Waals surface area (Å²) in [6, 6.07) is 24.7. The highest BCUT2D eigenvalue weighted by atomic mass is 16.5. The molecule has 0 N–H and O–H groups in total. The average molecular weight is 561 g/mol. The molecule has 0 saturated carbocycles. The van der Waals surface area contributed by atoms with Crippen molar-refractivity contribution in [2.24, 2.45) is 0 Å². The van der Waals surface area contributed by atoms with Crippen LogP contribution in [0.2, 0.25) is 0 Å². The van der Waals surface area contributed by atoms with Crippen molar-refractivity contribution in [2.75, 3.05) is 13.2 Å². The fraction of sp³-hybridized carbons (Fsp3) is 0.316. The number of pyridine rings is 2. The fourth-order valence-corrected chi connectivity index (χ4v) is 4.55. The molecule has 0 aliphatic heterocycles. The number of unbranched alkanes of at least 4 members (excludes halogenated alkanes) is 6. The number of nitrogens with zero attached hydrogens (tertiary/aromatic N) is 2. The molecule has 0 bridgehead atoms. The van der Waals surface area contributed by atoms with Crippen molar-refractivity contribution in [3.8, 4) is 22.9 Å². The molecule has 42 heavy (non-hydrogen) atoms. The van der Waals surface area contributed by atoms with Gasteiger partial charge in [0.25, 0.3) is 0 Å². The van der Waals surface area contributed by atoms with E-state index in [0.29, 0.717) is 0 Å². The molecule has 0 fully saturated rings. The van der Waals surface area contributed by atoms with Crippen LogP contribution < -0.4 is 9.47 Å². The Balaban J connectivity index is 1.32. The van der Waals surface area contributed by atoms with Gasteiger partial charge in [0, 0.05) is 12.4 Å². The third-order valence-electron chi connectivity index (χ3n) is 7.06. The zero-order chi connectivity index (χ0) is 29.2. The van der Waals surface area contributed by atoms with Gasteiger partial charge in [-0.15, -0.1) is 0 Å². The van der Waals surface area contributed by atoms with Crippen LogP contribution in [0.15, 0.2) is 85.2 Å². The summed E-state index contributed by atoms with van der Waals surface area (Å²) in [4.78, 5) is 9.16. The normalized spacial score (nSPS) is 11.4. The van der Waals surface area contributed by atoms with Crippen LogP contribution in [0.3, 0.4) is 0 Å². The van der Waals surface area contributed by atoms with E-state index in [4.69, 9.17) is 9.47 Å². The van der Waals surface area contributed by atoms with Crippen LogP contribution in [0.5, 0.6) is 11.5 Å². The van der Waals surface area contributed by atoms with Crippen molar-refractivity contribution >= 4 is 24.3 Å². The summed E-state index contributed by atoms with van der Waals surface area (Å²) in [6.07, 6.45) is 21.8. The molecule has 0 unspecified atom stereocenters. The lowest BCUT2D eigenvalue weighted by Gasteiger charge is -2.06. The van der Waals surface area contributed by atoms with Gasteiger partial charge in [-0.1, -0.05) is 101 Å². The van der Waals surface area contributed by atoms with E-state index >= 15 is 0 Å². The van der Waals surface area contributed by atoms with E-state index in [1.807, 2.05) is 48.8 Å². The molecule has 4 aromatic rings. The highest BCUT2D eigenvalue weighted by Crippen LogP contribution is 2.21. The second-order valence-electron chi connectivity index (χ2n) is 10.6. The number of hydrogen-bond acceptors (Lipinski definition) is 4. The smallest absolute Gasteiger partial charge is 0.119 e. The van der Waals surface area contributed by atoms with E-state index in [9.17, 15) is 0 Å². The Bertz CT molecular complexity index is 1280. The van der Waals surface area contributed by atoms with E-state index in [1.54, 1.807) is 0 Å². The minimum atomic E-state index is 0.780. The first-order valence-corrected chi connectivity index (χ1v) is 15.5. The minimum Gasteiger partial charge on any atom is -0.494 e. The summed E-state index contributed by atoms with van der Waals surface area (Å²) in [5.74, 6) is 1.85. The fourth-order valence-electron chi connectivity index (χ4n) is 4.55. The molecule has 0 saturated heterocycles. The predicted octanol–water partition coefficient (Wildman–Crippen LogP) is 10.4. The third kappa shape index (κ3) is 10.7. The van der Waals surface area contributed by atoms with Gasteiger partial charge in [-0.25, -0.2) is 0 Å². The van der Waals surface area contributed by atoms with Gasteiger partial charge in [0.15, 0.2) is 0 Å². The van der Waals surface area contributed by atoms with Gasteiger partial charge < -0.3 is 9.47 Å². The number of ether oxygens (including phenoxy) is 2. The van der Waals surface area contributed by atoms with Gasteiger partial charge in [-0.2, -0.15) is 0 Å². The Hall–Kier alpha value is -4.18. The molecule has 2 aromatic carbocycles. The number of rotatable bonds is 17. The van der Waals surface area contributed by atoms with Crippen LogP contribution in [0.1, 0.15) is 87.5 Å². The first-order valence-electron chi connectivity index (χ1n) is 15.5. The van der Waals surface area contributed by atoms with Crippen molar-refractivity contribution in [3.63, 3.8) is 0 Å². The van der Waals surface area contributed by atoms with E-state index in [0.717, 1.165) is 71.2 Å². The van der Waals surface area contributed by atoms with Gasteiger partial charge in [-0.3, -0.25) is 9.97 Å². The first-order chi connectivity index (χ1) is 20.7. The second kappa shape index (κ2) is 17.6. The van der Waals surface area contributed by atoms with Crippen molar-refractivity contribution < 1.29 is 9.47 Å². The molecular formula is C38H44N2O2. The van der Waals surface area contributed by atoms with Gasteiger partial charge in [0.1, 0.15) is 11.5 Å². The molecule has 0 radical (unpaired) electrons. The quantitative estimate of drug-likeness (QED) is 0.121. The van der Waals surface area contributed by atoms with Gasteiger partial charge in [-0.05, 0) is 83.6 Å². The van der Waals surface area contributed by atoms with Gasteiger partial charge >= 0.3 is 0 Å². The molecule has 0 spiro atoms. The standard InChI is InChI=1S/C38H44N2O2/c1-3-5-7-9-27-41-35-19-15-31(16-20-35)11-13-33-23-25-39-37(29-33)38-30-34(24-26-40-38)14-12-32-17-21-36(22-18-32)42-28-10-8-6-4-2/h11-26,29-30H,3-10,27-28H2,1-2H3/b13-11+,14-12+. The van der Waals surface area contributed by atoms with E-state index in [2.05, 4.69) is 84.5 Å². The van der Waals surface area contributed by atoms with Crippen LogP contribution in [0, 0.1) is 0 Å². The summed E-state index contributed by atoms with van der Waals surface area (Å²) in [6.45, 7) is 6.01. The molecule has 0 aliphatic carbocycles. The van der Waals surface area contributed by atoms with Crippen molar-refractivity contribution in [2.45, 2.75) is 65.2 Å². The number of hydrogen-bond donors (Lipinski definition) is 0. The Morgan fingerprint density at radius 1 is 0.476 bits per heavy atom. The second-order valence-corrected chi connectivity index (χ2v) is 10.6. The highest BCUT2D eigenvalue weighted by Gasteiger charge is 2.03. The van der Waals surface area contributed by atoms with Crippen LogP contribution in [-0.4, -0.2) is 23.2 Å². The Morgan fingerprint density at radius 2 is 0.881 bits per heavy atom. The zero-order valence-electron chi connectivity index (χ0n) is 25.2. The maximum Gasteiger partial charge on any atom is 0.119 e. The Morgan fingerprint density at radius 3 is 1.29 bits per heavy atom. The molecule has 4 heteroatoms. The highest BCUT2D eigenvalue weighted by molar-refractivity contribution is 5.74. The summed E-state index contributed by atoms with van der Waals surface area (Å²) in [5, 5.41) is 0. The Labute approximate surface area is 252 Å². The Kier molecular flexibility index (Phi) is 12.9. The average Bonchev–Trinajstić information content (AvgIpc) is 3.04. The molecule has 0 aliphatic rings. The van der Waals surface area contributed by atoms with Crippen molar-refractivity contribution in [3.05, 3.63) is 107 Å². The molecule has 4 nitrogen and oxygen atoms in total. The maximum atomic E-state index is 5.87. The van der Waals surface area contributed by atoms with Crippen LogP contribution in [0.4, 0.5) is 0 Å². The number of benzene rings is 2. The largest absolute Gasteiger partial charge is 0.494 e. The first kappa shape index (κ1) is 30.8. The van der Waals surface area contributed by atoms with Crippen molar-refractivity contribution in [1.82, 2.24) is 9.97 Å². The van der Waals surface area contributed by atoms with Crippen LogP contribution >= 0.6 is 0 Å². The maximum absolute atomic E-state index is 5.87. The molecule has 0 amide bonds. The molecule has 2 aromatic heterocycles. The van der Waals surface area contributed by atoms with Crippen molar-refractivity contribution in [1.29, 1.82) is 0 Å². The molecular weight excluding hydrogens is 516 g/mol. The van der Waals surface area contributed by atoms with Gasteiger partial charge in [0.05, 0.1) is 24.6 Å². The lowest BCUT2D eigenvalue weighted by Crippen LogP contribution is -1.96. The topological polar surface area (TPSA) is 44.2 Å². The van der Waals surface area contributed by atoms with E-state index in [-0.39, 0.29) is 0 Å². The van der Waals surface area contributed by atoms with Gasteiger partial charge in [0.2, 0.25) is 0 Å². The predicted molar refractivity (Wildman–Crippen MR) is 177 cm³/mol. The van der Waals surface area contributed by atoms with Crippen LogP contribution in [-0.2, 0) is 0 Å². The molecule has 2 heterocycles. The SMILES string of the molecule is CCCCCCOc1ccc(/C=C/c2ccnc(-c3cc(/C=C/c4ccc(OCCCCCC)cc4)ccn3)c2)cc1. The minimum absolute atomic E-state index is 0.780. The van der Waals surface area contributed by atoms with E-state index in [1.165, 1.54) is 38.5 Å². The zero-order valence-corrected chi connectivity index (χ0v) is 25.2. The summed E-state index contributed by atoms with van der Waals surface area (Å²) in [5.41, 5.74) is 6.10. The summed E-state index contributed by atoms with van der Waals surface area (Å²) in [7, 11) is 0. The number of aromatic nitrogens is 2. The molecule has 4 rings (SSSR count). The van der Waals surface area contributed by atoms with Crippen LogP contribution in [0.25, 0.3) is 35.7 Å².